The lowest BCUT2D eigenvalue weighted by molar-refractivity contribution is -0.135. The number of benzene rings is 1. The smallest absolute Gasteiger partial charge is 0.239 e. The Bertz CT molecular complexity index is 473. The highest BCUT2D eigenvalue weighted by Gasteiger charge is 2.18. The second-order valence-electron chi connectivity index (χ2n) is 5.03. The Morgan fingerprint density at radius 1 is 1.20 bits per heavy atom. The minimum Gasteiger partial charge on any atom is -0.350 e. The van der Waals surface area contributed by atoms with Crippen molar-refractivity contribution in [3.63, 3.8) is 0 Å². The molecular formula is C15H19FN2O2. The van der Waals surface area contributed by atoms with E-state index < -0.39 is 0 Å². The van der Waals surface area contributed by atoms with E-state index >= 15 is 0 Å². The van der Waals surface area contributed by atoms with Crippen LogP contribution in [0.5, 0.6) is 0 Å². The predicted octanol–water partition coefficient (Wildman–Crippen LogP) is 1.84. The SMILES string of the molecule is O=C(CN1CCCCCC1=O)NCc1ccc(F)cc1. The highest BCUT2D eigenvalue weighted by atomic mass is 19.1. The Morgan fingerprint density at radius 3 is 2.70 bits per heavy atom. The Labute approximate surface area is 118 Å². The summed E-state index contributed by atoms with van der Waals surface area (Å²) in [5.41, 5.74) is 0.835. The van der Waals surface area contributed by atoms with Crippen molar-refractivity contribution in [2.75, 3.05) is 13.1 Å². The van der Waals surface area contributed by atoms with E-state index in [1.54, 1.807) is 17.0 Å². The molecule has 0 aliphatic carbocycles. The van der Waals surface area contributed by atoms with Crippen LogP contribution in [-0.2, 0) is 16.1 Å². The van der Waals surface area contributed by atoms with Crippen LogP contribution < -0.4 is 5.32 Å². The van der Waals surface area contributed by atoms with Gasteiger partial charge in [0.15, 0.2) is 0 Å². The molecule has 2 rings (SSSR count). The Hall–Kier alpha value is -1.91. The van der Waals surface area contributed by atoms with E-state index in [4.69, 9.17) is 0 Å². The number of carbonyl (C=O) groups excluding carboxylic acids is 2. The number of likely N-dealkylation sites (tertiary alicyclic amines) is 1. The molecule has 1 heterocycles. The van der Waals surface area contributed by atoms with Crippen LogP contribution in [0.1, 0.15) is 31.2 Å². The van der Waals surface area contributed by atoms with Gasteiger partial charge in [0, 0.05) is 19.5 Å². The van der Waals surface area contributed by atoms with Gasteiger partial charge in [-0.1, -0.05) is 18.6 Å². The molecule has 0 unspecified atom stereocenters. The van der Waals surface area contributed by atoms with Crippen LogP contribution in [0.25, 0.3) is 0 Å². The van der Waals surface area contributed by atoms with Crippen LogP contribution >= 0.6 is 0 Å². The summed E-state index contributed by atoms with van der Waals surface area (Å²) in [6, 6.07) is 5.99. The second-order valence-corrected chi connectivity index (χ2v) is 5.03. The quantitative estimate of drug-likeness (QED) is 0.913. The summed E-state index contributed by atoms with van der Waals surface area (Å²) in [6.07, 6.45) is 3.44. The molecule has 0 aromatic heterocycles. The first kappa shape index (κ1) is 14.5. The van der Waals surface area contributed by atoms with Gasteiger partial charge in [0.25, 0.3) is 0 Å². The topological polar surface area (TPSA) is 49.4 Å². The first-order valence-corrected chi connectivity index (χ1v) is 6.94. The fraction of sp³-hybridized carbons (Fsp3) is 0.467. The molecule has 1 aromatic rings. The third-order valence-electron chi connectivity index (χ3n) is 3.41. The van der Waals surface area contributed by atoms with Gasteiger partial charge in [0.2, 0.25) is 11.8 Å². The Kier molecular flexibility index (Phi) is 5.09. The van der Waals surface area contributed by atoms with Crippen LogP contribution in [0.4, 0.5) is 4.39 Å². The van der Waals surface area contributed by atoms with Crippen molar-refractivity contribution in [2.24, 2.45) is 0 Å². The summed E-state index contributed by atoms with van der Waals surface area (Å²) in [5.74, 6) is -0.417. The van der Waals surface area contributed by atoms with E-state index in [1.165, 1.54) is 12.1 Å². The first-order chi connectivity index (χ1) is 9.65. The standard InChI is InChI=1S/C15H19FN2O2/c16-13-7-5-12(6-8-13)10-17-14(19)11-18-9-3-1-2-4-15(18)20/h5-8H,1-4,9-11H2,(H,17,19). The lowest BCUT2D eigenvalue weighted by atomic mass is 10.2. The van der Waals surface area contributed by atoms with Gasteiger partial charge in [-0.2, -0.15) is 0 Å². The number of carbonyl (C=O) groups is 2. The molecule has 0 radical (unpaired) electrons. The third kappa shape index (κ3) is 4.33. The van der Waals surface area contributed by atoms with Crippen molar-refractivity contribution >= 4 is 11.8 Å². The summed E-state index contributed by atoms with van der Waals surface area (Å²) in [6.45, 7) is 1.12. The first-order valence-electron chi connectivity index (χ1n) is 6.94. The van der Waals surface area contributed by atoms with Crippen LogP contribution in [-0.4, -0.2) is 29.8 Å². The molecule has 0 saturated carbocycles. The van der Waals surface area contributed by atoms with Crippen molar-refractivity contribution in [2.45, 2.75) is 32.2 Å². The third-order valence-corrected chi connectivity index (χ3v) is 3.41. The van der Waals surface area contributed by atoms with Crippen LogP contribution in [0.2, 0.25) is 0 Å². The van der Waals surface area contributed by atoms with Gasteiger partial charge < -0.3 is 10.2 Å². The van der Waals surface area contributed by atoms with Crippen molar-refractivity contribution in [3.8, 4) is 0 Å². The van der Waals surface area contributed by atoms with E-state index in [9.17, 15) is 14.0 Å². The van der Waals surface area contributed by atoms with Gasteiger partial charge in [-0.15, -0.1) is 0 Å². The average molecular weight is 278 g/mol. The van der Waals surface area contributed by atoms with Crippen molar-refractivity contribution in [1.82, 2.24) is 10.2 Å². The van der Waals surface area contributed by atoms with Crippen LogP contribution in [0.15, 0.2) is 24.3 Å². The molecule has 1 aliphatic heterocycles. The molecule has 0 bridgehead atoms. The second kappa shape index (κ2) is 7.03. The average Bonchev–Trinajstić information content (AvgIpc) is 2.64. The number of hydrogen-bond donors (Lipinski definition) is 1. The van der Waals surface area contributed by atoms with Gasteiger partial charge in [-0.25, -0.2) is 4.39 Å². The number of hydrogen-bond acceptors (Lipinski definition) is 2. The molecule has 4 nitrogen and oxygen atoms in total. The maximum atomic E-state index is 12.7. The van der Waals surface area contributed by atoms with Gasteiger partial charge in [-0.05, 0) is 30.5 Å². The largest absolute Gasteiger partial charge is 0.350 e. The van der Waals surface area contributed by atoms with Gasteiger partial charge in [0.05, 0.1) is 6.54 Å². The molecule has 1 saturated heterocycles. The number of halogens is 1. The monoisotopic (exact) mass is 278 g/mol. The van der Waals surface area contributed by atoms with Crippen LogP contribution in [0, 0.1) is 5.82 Å². The van der Waals surface area contributed by atoms with Crippen molar-refractivity contribution in [1.29, 1.82) is 0 Å². The number of rotatable bonds is 4. The molecular weight excluding hydrogens is 259 g/mol. The minimum atomic E-state index is -0.296. The molecule has 20 heavy (non-hydrogen) atoms. The minimum absolute atomic E-state index is 0.0550. The molecule has 1 fully saturated rings. The molecule has 108 valence electrons. The molecule has 0 spiro atoms. The molecule has 1 aromatic carbocycles. The highest BCUT2D eigenvalue weighted by Crippen LogP contribution is 2.10. The zero-order chi connectivity index (χ0) is 14.4. The van der Waals surface area contributed by atoms with E-state index in [0.29, 0.717) is 19.5 Å². The summed E-state index contributed by atoms with van der Waals surface area (Å²) in [4.78, 5) is 25.2. The normalized spacial score (nSPS) is 15.8. The molecule has 1 N–H and O–H groups in total. The molecule has 0 atom stereocenters. The highest BCUT2D eigenvalue weighted by molar-refractivity contribution is 5.84. The lowest BCUT2D eigenvalue weighted by Gasteiger charge is -2.19. The fourth-order valence-corrected chi connectivity index (χ4v) is 2.24. The number of nitrogens with one attached hydrogen (secondary N) is 1. The van der Waals surface area contributed by atoms with E-state index in [0.717, 1.165) is 24.8 Å². The Morgan fingerprint density at radius 2 is 1.95 bits per heavy atom. The van der Waals surface area contributed by atoms with E-state index in [1.807, 2.05) is 0 Å². The molecule has 2 amide bonds. The molecule has 5 heteroatoms. The van der Waals surface area contributed by atoms with Gasteiger partial charge in [-0.3, -0.25) is 9.59 Å². The summed E-state index contributed by atoms with van der Waals surface area (Å²) in [7, 11) is 0. The maximum absolute atomic E-state index is 12.7. The number of amides is 2. The van der Waals surface area contributed by atoms with E-state index in [-0.39, 0.29) is 24.2 Å². The molecule has 1 aliphatic rings. The fourth-order valence-electron chi connectivity index (χ4n) is 2.24. The lowest BCUT2D eigenvalue weighted by Crippen LogP contribution is -2.40. The van der Waals surface area contributed by atoms with Crippen molar-refractivity contribution in [3.05, 3.63) is 35.6 Å². The number of nitrogens with zero attached hydrogens (tertiary/aromatic N) is 1. The zero-order valence-corrected chi connectivity index (χ0v) is 11.4. The summed E-state index contributed by atoms with van der Waals surface area (Å²) in [5, 5.41) is 2.75. The zero-order valence-electron chi connectivity index (χ0n) is 11.4. The predicted molar refractivity (Wildman–Crippen MR) is 73.3 cm³/mol. The van der Waals surface area contributed by atoms with E-state index in [2.05, 4.69) is 5.32 Å². The van der Waals surface area contributed by atoms with Crippen LogP contribution in [0.3, 0.4) is 0 Å². The van der Waals surface area contributed by atoms with Gasteiger partial charge >= 0.3 is 0 Å². The van der Waals surface area contributed by atoms with Crippen molar-refractivity contribution < 1.29 is 14.0 Å². The summed E-state index contributed by atoms with van der Waals surface area (Å²) < 4.78 is 12.7. The Balaban J connectivity index is 1.79. The summed E-state index contributed by atoms with van der Waals surface area (Å²) >= 11 is 0. The van der Waals surface area contributed by atoms with Gasteiger partial charge in [0.1, 0.15) is 5.82 Å². The maximum Gasteiger partial charge on any atom is 0.239 e.